The van der Waals surface area contributed by atoms with Gasteiger partial charge >= 0.3 is 11.9 Å². The number of carbonyl (C=O) groups is 2. The van der Waals surface area contributed by atoms with Crippen LogP contribution >= 0.6 is 0 Å². The SMILES string of the molecule is CCCCCCCCCCC(=O)OC(=O)CCCCCCC. The molecule has 0 aliphatic rings. The normalized spacial score (nSPS) is 10.6. The highest BCUT2D eigenvalue weighted by Gasteiger charge is 2.09. The van der Waals surface area contributed by atoms with Gasteiger partial charge in [0, 0.05) is 12.8 Å². The van der Waals surface area contributed by atoms with Gasteiger partial charge in [0.25, 0.3) is 0 Å². The van der Waals surface area contributed by atoms with Crippen molar-refractivity contribution in [2.24, 2.45) is 0 Å². The van der Waals surface area contributed by atoms with Crippen LogP contribution in [0.2, 0.25) is 0 Å². The summed E-state index contributed by atoms with van der Waals surface area (Å²) in [6.07, 6.45) is 15.8. The van der Waals surface area contributed by atoms with E-state index in [1.807, 2.05) is 0 Å². The summed E-state index contributed by atoms with van der Waals surface area (Å²) in [6.45, 7) is 4.39. The molecule has 0 saturated heterocycles. The average Bonchev–Trinajstić information content (AvgIpc) is 2.49. The molecule has 0 rings (SSSR count). The van der Waals surface area contributed by atoms with E-state index in [1.54, 1.807) is 0 Å². The number of esters is 2. The molecule has 0 aromatic carbocycles. The highest BCUT2D eigenvalue weighted by atomic mass is 16.6. The lowest BCUT2D eigenvalue weighted by molar-refractivity contribution is -0.159. The van der Waals surface area contributed by atoms with E-state index in [1.165, 1.54) is 51.4 Å². The van der Waals surface area contributed by atoms with Gasteiger partial charge in [-0.3, -0.25) is 9.59 Å². The van der Waals surface area contributed by atoms with Crippen LogP contribution in [0.3, 0.4) is 0 Å². The van der Waals surface area contributed by atoms with Crippen molar-refractivity contribution >= 4 is 11.9 Å². The number of ether oxygens (including phenoxy) is 1. The van der Waals surface area contributed by atoms with Crippen LogP contribution < -0.4 is 0 Å². The third-order valence-electron chi connectivity index (χ3n) is 3.95. The second kappa shape index (κ2) is 16.5. The van der Waals surface area contributed by atoms with Gasteiger partial charge in [-0.25, -0.2) is 0 Å². The molecule has 0 saturated carbocycles. The van der Waals surface area contributed by atoms with Crippen LogP contribution in [-0.2, 0) is 14.3 Å². The van der Waals surface area contributed by atoms with E-state index < -0.39 is 0 Å². The molecule has 130 valence electrons. The molecule has 0 atom stereocenters. The second-order valence-corrected chi connectivity index (χ2v) is 6.24. The van der Waals surface area contributed by atoms with Gasteiger partial charge in [-0.1, -0.05) is 84.5 Å². The van der Waals surface area contributed by atoms with Crippen LogP contribution in [0.15, 0.2) is 0 Å². The van der Waals surface area contributed by atoms with Crippen molar-refractivity contribution < 1.29 is 14.3 Å². The minimum absolute atomic E-state index is 0.343. The Bertz CT molecular complexity index is 274. The summed E-state index contributed by atoms with van der Waals surface area (Å²) in [5, 5.41) is 0. The zero-order valence-electron chi connectivity index (χ0n) is 14.8. The van der Waals surface area contributed by atoms with Crippen molar-refractivity contribution in [1.82, 2.24) is 0 Å². The highest BCUT2D eigenvalue weighted by molar-refractivity contribution is 5.85. The van der Waals surface area contributed by atoms with E-state index in [-0.39, 0.29) is 11.9 Å². The Morgan fingerprint density at radius 2 is 0.864 bits per heavy atom. The third-order valence-corrected chi connectivity index (χ3v) is 3.95. The summed E-state index contributed by atoms with van der Waals surface area (Å²) < 4.78 is 4.84. The van der Waals surface area contributed by atoms with Gasteiger partial charge in [0.05, 0.1) is 0 Å². The highest BCUT2D eigenvalue weighted by Crippen LogP contribution is 2.10. The fourth-order valence-electron chi connectivity index (χ4n) is 2.51. The van der Waals surface area contributed by atoms with E-state index in [9.17, 15) is 9.59 Å². The van der Waals surface area contributed by atoms with Crippen LogP contribution in [-0.4, -0.2) is 11.9 Å². The zero-order valence-corrected chi connectivity index (χ0v) is 14.8. The van der Waals surface area contributed by atoms with Crippen LogP contribution in [0.4, 0.5) is 0 Å². The van der Waals surface area contributed by atoms with E-state index >= 15 is 0 Å². The van der Waals surface area contributed by atoms with Gasteiger partial charge in [0.1, 0.15) is 0 Å². The van der Waals surface area contributed by atoms with Crippen LogP contribution in [0.1, 0.15) is 110 Å². The molecule has 0 unspecified atom stereocenters. The molecule has 0 fully saturated rings. The van der Waals surface area contributed by atoms with Crippen LogP contribution in [0.5, 0.6) is 0 Å². The fourth-order valence-corrected chi connectivity index (χ4v) is 2.51. The Hall–Kier alpha value is -0.860. The molecule has 0 N–H and O–H groups in total. The molecule has 0 aliphatic carbocycles. The fraction of sp³-hybridized carbons (Fsp3) is 0.895. The number of carbonyl (C=O) groups excluding carboxylic acids is 2. The first-order valence-electron chi connectivity index (χ1n) is 9.44. The largest absolute Gasteiger partial charge is 0.393 e. The number of hydrogen-bond donors (Lipinski definition) is 0. The molecule has 0 aliphatic heterocycles. The standard InChI is InChI=1S/C19H36O3/c1-3-5-7-9-10-11-13-15-17-19(21)22-18(20)16-14-12-8-6-4-2/h3-17H2,1-2H3. The van der Waals surface area contributed by atoms with Gasteiger partial charge in [0.2, 0.25) is 0 Å². The topological polar surface area (TPSA) is 43.4 Å². The summed E-state index contributed by atoms with van der Waals surface area (Å²) in [6, 6.07) is 0. The van der Waals surface area contributed by atoms with Crippen molar-refractivity contribution in [1.29, 1.82) is 0 Å². The third kappa shape index (κ3) is 15.5. The van der Waals surface area contributed by atoms with Crippen molar-refractivity contribution in [2.45, 2.75) is 110 Å². The maximum absolute atomic E-state index is 11.5. The van der Waals surface area contributed by atoms with Crippen molar-refractivity contribution in [3.8, 4) is 0 Å². The first kappa shape index (κ1) is 21.1. The first-order valence-corrected chi connectivity index (χ1v) is 9.44. The smallest absolute Gasteiger partial charge is 0.313 e. The monoisotopic (exact) mass is 312 g/mol. The lowest BCUT2D eigenvalue weighted by atomic mass is 10.1. The van der Waals surface area contributed by atoms with Crippen molar-refractivity contribution in [3.05, 3.63) is 0 Å². The van der Waals surface area contributed by atoms with E-state index in [0.717, 1.165) is 32.1 Å². The molecular formula is C19H36O3. The summed E-state index contributed by atoms with van der Waals surface area (Å²) >= 11 is 0. The van der Waals surface area contributed by atoms with Gasteiger partial charge in [-0.2, -0.15) is 0 Å². The molecule has 0 amide bonds. The average molecular weight is 312 g/mol. The first-order chi connectivity index (χ1) is 10.7. The summed E-state index contributed by atoms with van der Waals surface area (Å²) in [5.74, 6) is -0.689. The minimum Gasteiger partial charge on any atom is -0.393 e. The van der Waals surface area contributed by atoms with E-state index in [4.69, 9.17) is 4.74 Å². The lowest BCUT2D eigenvalue weighted by Gasteiger charge is -2.04. The van der Waals surface area contributed by atoms with Crippen molar-refractivity contribution in [2.75, 3.05) is 0 Å². The second-order valence-electron chi connectivity index (χ2n) is 6.24. The number of unbranched alkanes of at least 4 members (excludes halogenated alkanes) is 11. The Morgan fingerprint density at radius 1 is 0.545 bits per heavy atom. The minimum atomic E-state index is -0.346. The van der Waals surface area contributed by atoms with Crippen molar-refractivity contribution in [3.63, 3.8) is 0 Å². The molecule has 0 heterocycles. The summed E-state index contributed by atoms with van der Waals surface area (Å²) in [5.41, 5.74) is 0. The number of rotatable bonds is 15. The van der Waals surface area contributed by atoms with E-state index in [2.05, 4.69) is 13.8 Å². The van der Waals surface area contributed by atoms with Crippen LogP contribution in [0.25, 0.3) is 0 Å². The van der Waals surface area contributed by atoms with Gasteiger partial charge < -0.3 is 4.74 Å². The molecule has 0 bridgehead atoms. The molecule has 0 aromatic rings. The van der Waals surface area contributed by atoms with Gasteiger partial charge in [0.15, 0.2) is 0 Å². The molecular weight excluding hydrogens is 276 g/mol. The Labute approximate surface area is 137 Å². The van der Waals surface area contributed by atoms with Gasteiger partial charge in [-0.15, -0.1) is 0 Å². The number of hydrogen-bond acceptors (Lipinski definition) is 3. The summed E-state index contributed by atoms with van der Waals surface area (Å²) in [4.78, 5) is 23.0. The van der Waals surface area contributed by atoms with Crippen LogP contribution in [0, 0.1) is 0 Å². The predicted octanol–water partition coefficient (Wildman–Crippen LogP) is 5.95. The quantitative estimate of drug-likeness (QED) is 0.213. The zero-order chi connectivity index (χ0) is 16.5. The molecule has 0 aromatic heterocycles. The molecule has 0 radical (unpaired) electrons. The molecule has 0 spiro atoms. The Kier molecular flexibility index (Phi) is 15.9. The Morgan fingerprint density at radius 3 is 1.23 bits per heavy atom. The predicted molar refractivity (Wildman–Crippen MR) is 91.7 cm³/mol. The molecule has 22 heavy (non-hydrogen) atoms. The molecule has 3 nitrogen and oxygen atoms in total. The Balaban J connectivity index is 3.35. The lowest BCUT2D eigenvalue weighted by Crippen LogP contribution is -2.11. The molecule has 3 heteroatoms. The van der Waals surface area contributed by atoms with Gasteiger partial charge in [-0.05, 0) is 12.8 Å². The maximum atomic E-state index is 11.5. The maximum Gasteiger partial charge on any atom is 0.313 e. The summed E-state index contributed by atoms with van der Waals surface area (Å²) in [7, 11) is 0. The van der Waals surface area contributed by atoms with E-state index in [0.29, 0.717) is 12.8 Å².